The quantitative estimate of drug-likeness (QED) is 0.747. The molecule has 0 spiro atoms. The molecule has 0 aliphatic carbocycles. The molecule has 0 saturated carbocycles. The van der Waals surface area contributed by atoms with Crippen molar-refractivity contribution in [2.45, 2.75) is 13.0 Å². The minimum atomic E-state index is -0.839. The number of benzene rings is 1. The first-order chi connectivity index (χ1) is 10.0. The molecule has 1 aromatic carbocycles. The fraction of sp³-hybridized carbons (Fsp3) is 0.154. The van der Waals surface area contributed by atoms with Crippen molar-refractivity contribution in [2.24, 2.45) is 5.73 Å². The molecule has 6 nitrogen and oxygen atoms in total. The van der Waals surface area contributed by atoms with Crippen molar-refractivity contribution in [3.05, 3.63) is 52.2 Å². The molecular formula is C13H11F2N5O. The van der Waals surface area contributed by atoms with Gasteiger partial charge in [0, 0.05) is 6.07 Å². The molecule has 21 heavy (non-hydrogen) atoms. The second kappa shape index (κ2) is 4.74. The summed E-state index contributed by atoms with van der Waals surface area (Å²) in [5, 5.41) is 5.91. The van der Waals surface area contributed by atoms with Crippen LogP contribution in [-0.4, -0.2) is 19.7 Å². The number of hydrogen-bond donors (Lipinski definition) is 2. The van der Waals surface area contributed by atoms with Gasteiger partial charge in [0.15, 0.2) is 0 Å². The lowest BCUT2D eigenvalue weighted by molar-refractivity contribution is 0.606. The van der Waals surface area contributed by atoms with Gasteiger partial charge in [-0.1, -0.05) is 0 Å². The lowest BCUT2D eigenvalue weighted by Crippen LogP contribution is -2.28. The Balaban J connectivity index is 2.52. The van der Waals surface area contributed by atoms with Gasteiger partial charge in [-0.2, -0.15) is 5.10 Å². The zero-order valence-electron chi connectivity index (χ0n) is 11.0. The van der Waals surface area contributed by atoms with Crippen LogP contribution in [0.2, 0.25) is 0 Å². The third-order valence-corrected chi connectivity index (χ3v) is 3.08. The number of nitrogens with one attached hydrogen (secondary N) is 1. The minimum absolute atomic E-state index is 0.112. The summed E-state index contributed by atoms with van der Waals surface area (Å²) in [7, 11) is 0. The Morgan fingerprint density at radius 1 is 1.29 bits per heavy atom. The Morgan fingerprint density at radius 2 is 2.00 bits per heavy atom. The van der Waals surface area contributed by atoms with Crippen LogP contribution in [0.3, 0.4) is 0 Å². The van der Waals surface area contributed by atoms with Gasteiger partial charge in [-0.15, -0.1) is 0 Å². The lowest BCUT2D eigenvalue weighted by atomic mass is 10.2. The predicted octanol–water partition coefficient (Wildman–Crippen LogP) is 1.41. The van der Waals surface area contributed by atoms with Gasteiger partial charge >= 0.3 is 0 Å². The largest absolute Gasteiger partial charge is 0.322 e. The molecule has 0 aliphatic heterocycles. The van der Waals surface area contributed by atoms with Crippen LogP contribution < -0.4 is 11.3 Å². The van der Waals surface area contributed by atoms with Crippen LogP contribution in [0.15, 0.2) is 29.2 Å². The van der Waals surface area contributed by atoms with Crippen LogP contribution in [0.25, 0.3) is 16.7 Å². The van der Waals surface area contributed by atoms with Crippen molar-refractivity contribution < 1.29 is 8.78 Å². The summed E-state index contributed by atoms with van der Waals surface area (Å²) in [5.41, 5.74) is 4.72. The van der Waals surface area contributed by atoms with Crippen LogP contribution >= 0.6 is 0 Å². The van der Waals surface area contributed by atoms with Gasteiger partial charge in [0.05, 0.1) is 12.2 Å². The number of fused-ring (bicyclic) bond motifs is 1. The molecule has 2 heterocycles. The van der Waals surface area contributed by atoms with Crippen molar-refractivity contribution in [3.63, 3.8) is 0 Å². The standard InChI is InChI=1S/C13H11F2N5O/c1-6(16)12-18-11-8(15)3-2-7(14)10(11)13(21)20(12)9-4-5-17-19-9/h2-6H,16H2,1H3,(H,17,19)/t6-/m0/s1. The zero-order valence-corrected chi connectivity index (χ0v) is 11.0. The first kappa shape index (κ1) is 13.4. The summed E-state index contributed by atoms with van der Waals surface area (Å²) >= 11 is 0. The van der Waals surface area contributed by atoms with E-state index in [0.29, 0.717) is 0 Å². The van der Waals surface area contributed by atoms with E-state index < -0.39 is 28.6 Å². The molecule has 3 rings (SSSR count). The van der Waals surface area contributed by atoms with E-state index in [2.05, 4.69) is 15.2 Å². The molecular weight excluding hydrogens is 280 g/mol. The maximum absolute atomic E-state index is 13.9. The molecule has 108 valence electrons. The van der Waals surface area contributed by atoms with Gasteiger partial charge in [0.2, 0.25) is 0 Å². The average molecular weight is 291 g/mol. The van der Waals surface area contributed by atoms with Gasteiger partial charge in [-0.25, -0.2) is 18.3 Å². The maximum atomic E-state index is 13.9. The molecule has 0 bridgehead atoms. The van der Waals surface area contributed by atoms with E-state index in [1.807, 2.05) is 0 Å². The van der Waals surface area contributed by atoms with Gasteiger partial charge in [-0.05, 0) is 19.1 Å². The number of aromatic nitrogens is 4. The molecule has 8 heteroatoms. The number of halogens is 2. The predicted molar refractivity (Wildman–Crippen MR) is 72.0 cm³/mol. The highest BCUT2D eigenvalue weighted by Gasteiger charge is 2.20. The summed E-state index contributed by atoms with van der Waals surface area (Å²) in [6.07, 6.45) is 1.43. The number of nitrogens with zero attached hydrogens (tertiary/aromatic N) is 3. The van der Waals surface area contributed by atoms with E-state index in [-0.39, 0.29) is 17.2 Å². The molecule has 0 fully saturated rings. The topological polar surface area (TPSA) is 89.6 Å². The number of hydrogen-bond acceptors (Lipinski definition) is 4. The lowest BCUT2D eigenvalue weighted by Gasteiger charge is -2.14. The highest BCUT2D eigenvalue weighted by molar-refractivity contribution is 5.79. The maximum Gasteiger partial charge on any atom is 0.270 e. The van der Waals surface area contributed by atoms with Crippen molar-refractivity contribution in [1.29, 1.82) is 0 Å². The molecule has 0 radical (unpaired) electrons. The number of nitrogens with two attached hydrogens (primary N) is 1. The Morgan fingerprint density at radius 3 is 2.62 bits per heavy atom. The van der Waals surface area contributed by atoms with E-state index in [0.717, 1.165) is 16.7 Å². The molecule has 1 atom stereocenters. The van der Waals surface area contributed by atoms with E-state index in [9.17, 15) is 13.6 Å². The molecule has 3 N–H and O–H groups in total. The number of rotatable bonds is 2. The van der Waals surface area contributed by atoms with Gasteiger partial charge in [-0.3, -0.25) is 9.89 Å². The molecule has 0 amide bonds. The van der Waals surface area contributed by atoms with E-state index in [1.165, 1.54) is 12.3 Å². The van der Waals surface area contributed by atoms with Crippen LogP contribution in [-0.2, 0) is 0 Å². The molecule has 3 aromatic rings. The highest BCUT2D eigenvalue weighted by atomic mass is 19.1. The summed E-state index contributed by atoms with van der Waals surface area (Å²) in [6.45, 7) is 1.59. The Labute approximate surface area is 117 Å². The first-order valence-corrected chi connectivity index (χ1v) is 6.16. The van der Waals surface area contributed by atoms with Crippen LogP contribution in [0.4, 0.5) is 8.78 Å². The number of aromatic amines is 1. The average Bonchev–Trinajstić information content (AvgIpc) is 2.95. The van der Waals surface area contributed by atoms with E-state index in [4.69, 9.17) is 5.73 Å². The molecule has 0 saturated heterocycles. The summed E-state index contributed by atoms with van der Waals surface area (Å²) < 4.78 is 28.8. The van der Waals surface area contributed by atoms with Crippen LogP contribution in [0.5, 0.6) is 0 Å². The molecule has 0 unspecified atom stereocenters. The van der Waals surface area contributed by atoms with Crippen LogP contribution in [0, 0.1) is 11.6 Å². The van der Waals surface area contributed by atoms with Gasteiger partial charge in [0.1, 0.15) is 34.2 Å². The highest BCUT2D eigenvalue weighted by Crippen LogP contribution is 2.19. The second-order valence-corrected chi connectivity index (χ2v) is 4.59. The second-order valence-electron chi connectivity index (χ2n) is 4.59. The third-order valence-electron chi connectivity index (χ3n) is 3.08. The Hall–Kier alpha value is -2.61. The van der Waals surface area contributed by atoms with Crippen molar-refractivity contribution >= 4 is 10.9 Å². The van der Waals surface area contributed by atoms with E-state index in [1.54, 1.807) is 6.92 Å². The SMILES string of the molecule is C[C@H](N)c1nc2c(F)ccc(F)c2c(=O)n1-c1ccn[nH]1. The van der Waals surface area contributed by atoms with Gasteiger partial charge < -0.3 is 5.73 Å². The van der Waals surface area contributed by atoms with Crippen molar-refractivity contribution in [1.82, 2.24) is 19.7 Å². The summed E-state index contributed by atoms with van der Waals surface area (Å²) in [6, 6.07) is 2.67. The fourth-order valence-electron chi connectivity index (χ4n) is 2.15. The fourth-order valence-corrected chi connectivity index (χ4v) is 2.15. The number of H-pyrrole nitrogens is 1. The molecule has 0 aliphatic rings. The Bertz CT molecular complexity index is 870. The minimum Gasteiger partial charge on any atom is -0.322 e. The summed E-state index contributed by atoms with van der Waals surface area (Å²) in [5.74, 6) is -1.22. The molecule has 2 aromatic heterocycles. The zero-order chi connectivity index (χ0) is 15.1. The monoisotopic (exact) mass is 291 g/mol. The van der Waals surface area contributed by atoms with Crippen molar-refractivity contribution in [3.8, 4) is 5.82 Å². The first-order valence-electron chi connectivity index (χ1n) is 6.16. The van der Waals surface area contributed by atoms with Crippen LogP contribution in [0.1, 0.15) is 18.8 Å². The Kier molecular flexibility index (Phi) is 3.02. The van der Waals surface area contributed by atoms with Gasteiger partial charge in [0.25, 0.3) is 5.56 Å². The van der Waals surface area contributed by atoms with Crippen molar-refractivity contribution in [2.75, 3.05) is 0 Å². The normalized spacial score (nSPS) is 12.8. The summed E-state index contributed by atoms with van der Waals surface area (Å²) in [4.78, 5) is 16.6. The van der Waals surface area contributed by atoms with E-state index >= 15 is 0 Å². The third kappa shape index (κ3) is 2.00. The smallest absolute Gasteiger partial charge is 0.270 e.